The van der Waals surface area contributed by atoms with Crippen molar-refractivity contribution in [3.8, 4) is 5.75 Å². The highest BCUT2D eigenvalue weighted by atomic mass is 16.3. The van der Waals surface area contributed by atoms with Gasteiger partial charge in [0.25, 0.3) is 0 Å². The topological polar surface area (TPSA) is 37.3 Å². The third-order valence-electron chi connectivity index (χ3n) is 3.34. The molecule has 2 aromatic carbocycles. The summed E-state index contributed by atoms with van der Waals surface area (Å²) in [5.74, 6) is 0.284. The molecule has 0 aromatic heterocycles. The molecule has 0 saturated heterocycles. The molecule has 2 rings (SSSR count). The maximum atomic E-state index is 12.2. The molecule has 2 aromatic rings. The molecule has 2 nitrogen and oxygen atoms in total. The zero-order valence-corrected chi connectivity index (χ0v) is 11.8. The van der Waals surface area contributed by atoms with Gasteiger partial charge in [0.1, 0.15) is 5.75 Å². The average molecular weight is 266 g/mol. The van der Waals surface area contributed by atoms with Crippen LogP contribution in [0.25, 0.3) is 5.57 Å². The normalized spacial score (nSPS) is 10.3. The Morgan fingerprint density at radius 2 is 1.75 bits per heavy atom. The van der Waals surface area contributed by atoms with Crippen LogP contribution in [0.1, 0.15) is 33.5 Å². The van der Waals surface area contributed by atoms with E-state index in [9.17, 15) is 9.90 Å². The second kappa shape index (κ2) is 5.74. The van der Waals surface area contributed by atoms with Crippen LogP contribution < -0.4 is 0 Å². The van der Waals surface area contributed by atoms with Gasteiger partial charge in [-0.05, 0) is 42.7 Å². The molecule has 0 atom stereocenters. The summed E-state index contributed by atoms with van der Waals surface area (Å²) in [5, 5.41) is 9.41. The Balaban J connectivity index is 2.15. The summed E-state index contributed by atoms with van der Waals surface area (Å²) in [5.41, 5.74) is 4.45. The van der Waals surface area contributed by atoms with E-state index < -0.39 is 0 Å². The number of rotatable bonds is 4. The van der Waals surface area contributed by atoms with Crippen molar-refractivity contribution in [3.05, 3.63) is 71.3 Å². The molecule has 0 aliphatic carbocycles. The molecule has 102 valence electrons. The van der Waals surface area contributed by atoms with Gasteiger partial charge in [0.05, 0.1) is 0 Å². The van der Waals surface area contributed by atoms with Gasteiger partial charge in [0.15, 0.2) is 5.78 Å². The summed E-state index contributed by atoms with van der Waals surface area (Å²) < 4.78 is 0. The number of benzene rings is 2. The lowest BCUT2D eigenvalue weighted by Gasteiger charge is -2.09. The quantitative estimate of drug-likeness (QED) is 0.838. The minimum absolute atomic E-state index is 0.0578. The van der Waals surface area contributed by atoms with Crippen LogP contribution in [0, 0.1) is 13.8 Å². The van der Waals surface area contributed by atoms with Crippen molar-refractivity contribution >= 4 is 11.4 Å². The molecular weight excluding hydrogens is 248 g/mol. The zero-order valence-electron chi connectivity index (χ0n) is 11.8. The lowest BCUT2D eigenvalue weighted by molar-refractivity contribution is 0.0998. The molecule has 0 aliphatic rings. The van der Waals surface area contributed by atoms with Crippen molar-refractivity contribution in [1.82, 2.24) is 0 Å². The molecule has 0 bridgehead atoms. The van der Waals surface area contributed by atoms with Gasteiger partial charge in [-0.1, -0.05) is 42.5 Å². The van der Waals surface area contributed by atoms with Gasteiger partial charge < -0.3 is 5.11 Å². The summed E-state index contributed by atoms with van der Waals surface area (Å²) in [6.07, 6.45) is 0.286. The number of Topliss-reactive ketones (excluding diaryl/α,β-unsaturated/α-hetero) is 1. The van der Waals surface area contributed by atoms with E-state index >= 15 is 0 Å². The number of phenols is 1. The highest BCUT2D eigenvalue weighted by molar-refractivity contribution is 6.02. The molecular formula is C18H18O2. The van der Waals surface area contributed by atoms with Crippen LogP contribution in [-0.2, 0) is 0 Å². The van der Waals surface area contributed by atoms with E-state index in [0.717, 1.165) is 22.3 Å². The predicted molar refractivity (Wildman–Crippen MR) is 82.0 cm³/mol. The Morgan fingerprint density at radius 1 is 1.10 bits per heavy atom. The lowest BCUT2D eigenvalue weighted by Crippen LogP contribution is -2.01. The summed E-state index contributed by atoms with van der Waals surface area (Å²) in [4.78, 5) is 12.2. The van der Waals surface area contributed by atoms with Gasteiger partial charge in [0, 0.05) is 12.0 Å². The maximum absolute atomic E-state index is 12.2. The fourth-order valence-electron chi connectivity index (χ4n) is 2.18. The Bertz CT molecular complexity index is 652. The predicted octanol–water partition coefficient (Wildman–Crippen LogP) is 4.30. The van der Waals surface area contributed by atoms with Crippen LogP contribution in [0.2, 0.25) is 0 Å². The molecule has 0 aliphatic heterocycles. The molecule has 0 unspecified atom stereocenters. The highest BCUT2D eigenvalue weighted by Gasteiger charge is 2.11. The Morgan fingerprint density at radius 3 is 2.35 bits per heavy atom. The molecule has 0 radical (unpaired) electrons. The first-order chi connectivity index (χ1) is 9.47. The molecule has 2 heteroatoms. The first-order valence-corrected chi connectivity index (χ1v) is 6.55. The minimum atomic E-state index is 0.0578. The summed E-state index contributed by atoms with van der Waals surface area (Å²) in [6, 6.07) is 12.6. The second-order valence-electron chi connectivity index (χ2n) is 5.07. The number of hydrogen-bond acceptors (Lipinski definition) is 2. The first kappa shape index (κ1) is 14.1. The third kappa shape index (κ3) is 3.15. The highest BCUT2D eigenvalue weighted by Crippen LogP contribution is 2.25. The smallest absolute Gasteiger partial charge is 0.167 e. The van der Waals surface area contributed by atoms with Gasteiger partial charge >= 0.3 is 0 Å². The average Bonchev–Trinajstić information content (AvgIpc) is 2.39. The zero-order chi connectivity index (χ0) is 14.7. The third-order valence-corrected chi connectivity index (χ3v) is 3.34. The number of ketones is 1. The summed E-state index contributed by atoms with van der Waals surface area (Å²) >= 11 is 0. The van der Waals surface area contributed by atoms with Gasteiger partial charge in [-0.2, -0.15) is 0 Å². The fraction of sp³-hybridized carbons (Fsp3) is 0.167. The van der Waals surface area contributed by atoms with E-state index in [4.69, 9.17) is 0 Å². The maximum Gasteiger partial charge on any atom is 0.167 e. The van der Waals surface area contributed by atoms with Crippen LogP contribution in [-0.4, -0.2) is 10.9 Å². The van der Waals surface area contributed by atoms with Gasteiger partial charge in [-0.3, -0.25) is 4.79 Å². The van der Waals surface area contributed by atoms with Crippen molar-refractivity contribution in [3.63, 3.8) is 0 Å². The van der Waals surface area contributed by atoms with Crippen LogP contribution in [0.3, 0.4) is 0 Å². The standard InChI is InChI=1S/C18H18O2/c1-12-4-6-15(7-5-12)18(20)11-14(3)17-9-8-16(19)10-13(17)2/h4-10,19H,3,11H2,1-2H3. The number of aryl methyl sites for hydroxylation is 2. The van der Waals surface area contributed by atoms with E-state index in [1.165, 1.54) is 0 Å². The molecule has 20 heavy (non-hydrogen) atoms. The number of phenolic OH excluding ortho intramolecular Hbond substituents is 1. The molecule has 0 amide bonds. The second-order valence-corrected chi connectivity index (χ2v) is 5.07. The number of hydrogen-bond donors (Lipinski definition) is 1. The van der Waals surface area contributed by atoms with Gasteiger partial charge in [-0.25, -0.2) is 0 Å². The van der Waals surface area contributed by atoms with Crippen LogP contribution in [0.4, 0.5) is 0 Å². The molecule has 0 saturated carbocycles. The lowest BCUT2D eigenvalue weighted by atomic mass is 9.95. The van der Waals surface area contributed by atoms with Crippen molar-refractivity contribution in [1.29, 1.82) is 0 Å². The number of carbonyl (C=O) groups is 1. The van der Waals surface area contributed by atoms with E-state index in [0.29, 0.717) is 5.56 Å². The molecule has 0 fully saturated rings. The van der Waals surface area contributed by atoms with Crippen molar-refractivity contribution in [2.75, 3.05) is 0 Å². The van der Waals surface area contributed by atoms with Crippen LogP contribution >= 0.6 is 0 Å². The van der Waals surface area contributed by atoms with E-state index in [-0.39, 0.29) is 18.0 Å². The van der Waals surface area contributed by atoms with E-state index in [1.54, 1.807) is 18.2 Å². The van der Waals surface area contributed by atoms with Crippen molar-refractivity contribution in [2.24, 2.45) is 0 Å². The SMILES string of the molecule is C=C(CC(=O)c1ccc(C)cc1)c1ccc(O)cc1C. The summed E-state index contributed by atoms with van der Waals surface area (Å²) in [7, 11) is 0. The number of allylic oxidation sites excluding steroid dienone is 1. The Kier molecular flexibility index (Phi) is 4.04. The number of carbonyl (C=O) groups excluding carboxylic acids is 1. The molecule has 0 heterocycles. The first-order valence-electron chi connectivity index (χ1n) is 6.55. The number of aromatic hydroxyl groups is 1. The van der Waals surface area contributed by atoms with Crippen LogP contribution in [0.15, 0.2) is 49.0 Å². The molecule has 1 N–H and O–H groups in total. The van der Waals surface area contributed by atoms with E-state index in [2.05, 4.69) is 6.58 Å². The van der Waals surface area contributed by atoms with Crippen LogP contribution in [0.5, 0.6) is 5.75 Å². The fourth-order valence-corrected chi connectivity index (χ4v) is 2.18. The van der Waals surface area contributed by atoms with E-state index in [1.807, 2.05) is 38.1 Å². The largest absolute Gasteiger partial charge is 0.508 e. The minimum Gasteiger partial charge on any atom is -0.508 e. The Labute approximate surface area is 119 Å². The Hall–Kier alpha value is -2.35. The van der Waals surface area contributed by atoms with Gasteiger partial charge in [-0.15, -0.1) is 0 Å². The summed E-state index contributed by atoms with van der Waals surface area (Å²) in [6.45, 7) is 7.89. The van der Waals surface area contributed by atoms with Gasteiger partial charge in [0.2, 0.25) is 0 Å². The molecule has 0 spiro atoms. The monoisotopic (exact) mass is 266 g/mol. The van der Waals surface area contributed by atoms with Crippen molar-refractivity contribution in [2.45, 2.75) is 20.3 Å². The van der Waals surface area contributed by atoms with Crippen molar-refractivity contribution < 1.29 is 9.90 Å².